The summed E-state index contributed by atoms with van der Waals surface area (Å²) in [6.45, 7) is 4.24. The molecule has 1 aliphatic rings. The molecule has 2 heteroatoms. The molecule has 0 heterocycles. The number of benzene rings is 1. The van der Waals surface area contributed by atoms with E-state index in [-0.39, 0.29) is 11.3 Å². The SMILES string of the molecule is CCC(C(=O)CCC1(C)CCCC(=O)C1)c1ccccc1. The third-order valence-corrected chi connectivity index (χ3v) is 4.83. The molecule has 1 aliphatic carbocycles. The second-order valence-electron chi connectivity index (χ2n) is 6.72. The minimum absolute atomic E-state index is 0.00842. The van der Waals surface area contributed by atoms with Gasteiger partial charge in [-0.25, -0.2) is 0 Å². The predicted molar refractivity (Wildman–Crippen MR) is 85.3 cm³/mol. The van der Waals surface area contributed by atoms with E-state index in [0.717, 1.165) is 37.7 Å². The maximum Gasteiger partial charge on any atom is 0.140 e. The lowest BCUT2D eigenvalue weighted by molar-refractivity contribution is -0.125. The van der Waals surface area contributed by atoms with E-state index in [4.69, 9.17) is 0 Å². The van der Waals surface area contributed by atoms with Crippen LogP contribution in [0.5, 0.6) is 0 Å². The first kappa shape index (κ1) is 15.9. The number of rotatable bonds is 6. The zero-order chi connectivity index (χ0) is 15.3. The van der Waals surface area contributed by atoms with Crippen molar-refractivity contribution >= 4 is 11.6 Å². The van der Waals surface area contributed by atoms with Gasteiger partial charge in [-0.1, -0.05) is 44.2 Å². The fourth-order valence-electron chi connectivity index (χ4n) is 3.51. The lowest BCUT2D eigenvalue weighted by Gasteiger charge is -2.32. The summed E-state index contributed by atoms with van der Waals surface area (Å²) in [5, 5.41) is 0. The second kappa shape index (κ2) is 7.02. The summed E-state index contributed by atoms with van der Waals surface area (Å²) in [6, 6.07) is 10.0. The van der Waals surface area contributed by atoms with E-state index in [9.17, 15) is 9.59 Å². The molecule has 21 heavy (non-hydrogen) atoms. The van der Waals surface area contributed by atoms with Gasteiger partial charge in [-0.05, 0) is 36.7 Å². The summed E-state index contributed by atoms with van der Waals surface area (Å²) in [5.41, 5.74) is 1.16. The Hall–Kier alpha value is -1.44. The third-order valence-electron chi connectivity index (χ3n) is 4.83. The Kier molecular flexibility index (Phi) is 5.33. The standard InChI is InChI=1S/C19H26O2/c1-3-17(15-8-5-4-6-9-15)18(21)11-13-19(2)12-7-10-16(20)14-19/h4-6,8-9,17H,3,7,10-14H2,1-2H3. The van der Waals surface area contributed by atoms with Crippen LogP contribution in [0.1, 0.15) is 70.3 Å². The Balaban J connectivity index is 1.95. The van der Waals surface area contributed by atoms with Crippen LogP contribution in [0.4, 0.5) is 0 Å². The molecule has 1 aromatic carbocycles. The largest absolute Gasteiger partial charge is 0.300 e. The van der Waals surface area contributed by atoms with Crippen LogP contribution in [0.15, 0.2) is 30.3 Å². The molecule has 1 saturated carbocycles. The molecule has 2 unspecified atom stereocenters. The highest BCUT2D eigenvalue weighted by Gasteiger charge is 2.32. The molecular formula is C19H26O2. The lowest BCUT2D eigenvalue weighted by atomic mass is 9.71. The molecule has 0 N–H and O–H groups in total. The number of hydrogen-bond donors (Lipinski definition) is 0. The van der Waals surface area contributed by atoms with Gasteiger partial charge in [-0.2, -0.15) is 0 Å². The van der Waals surface area contributed by atoms with Gasteiger partial charge in [0, 0.05) is 25.2 Å². The van der Waals surface area contributed by atoms with Crippen LogP contribution >= 0.6 is 0 Å². The highest BCUT2D eigenvalue weighted by molar-refractivity contribution is 5.86. The molecule has 1 fully saturated rings. The van der Waals surface area contributed by atoms with Gasteiger partial charge in [0.05, 0.1) is 0 Å². The Labute approximate surface area is 127 Å². The minimum atomic E-state index is 0.00842. The lowest BCUT2D eigenvalue weighted by Crippen LogP contribution is -2.27. The van der Waals surface area contributed by atoms with Crippen LogP contribution < -0.4 is 0 Å². The molecule has 2 atom stereocenters. The van der Waals surface area contributed by atoms with Crippen molar-refractivity contribution in [1.82, 2.24) is 0 Å². The molecular weight excluding hydrogens is 260 g/mol. The molecule has 0 bridgehead atoms. The van der Waals surface area contributed by atoms with Crippen molar-refractivity contribution in [3.05, 3.63) is 35.9 Å². The van der Waals surface area contributed by atoms with Gasteiger partial charge in [-0.15, -0.1) is 0 Å². The third kappa shape index (κ3) is 4.26. The number of hydrogen-bond acceptors (Lipinski definition) is 2. The van der Waals surface area contributed by atoms with Gasteiger partial charge in [-0.3, -0.25) is 9.59 Å². The summed E-state index contributed by atoms with van der Waals surface area (Å²) in [7, 11) is 0. The number of carbonyl (C=O) groups is 2. The average molecular weight is 286 g/mol. The minimum Gasteiger partial charge on any atom is -0.300 e. The molecule has 2 rings (SSSR count). The molecule has 0 spiro atoms. The van der Waals surface area contributed by atoms with Gasteiger partial charge in [0.2, 0.25) is 0 Å². The van der Waals surface area contributed by atoms with E-state index < -0.39 is 0 Å². The van der Waals surface area contributed by atoms with E-state index >= 15 is 0 Å². The zero-order valence-corrected chi connectivity index (χ0v) is 13.2. The first-order valence-electron chi connectivity index (χ1n) is 8.13. The van der Waals surface area contributed by atoms with Crippen LogP contribution in [-0.2, 0) is 9.59 Å². The summed E-state index contributed by atoms with van der Waals surface area (Å²) in [5.74, 6) is 0.698. The fourth-order valence-corrected chi connectivity index (χ4v) is 3.51. The molecule has 1 aromatic rings. The monoisotopic (exact) mass is 286 g/mol. The molecule has 0 amide bonds. The topological polar surface area (TPSA) is 34.1 Å². The van der Waals surface area contributed by atoms with Crippen molar-refractivity contribution in [3.63, 3.8) is 0 Å². The van der Waals surface area contributed by atoms with Crippen molar-refractivity contribution in [1.29, 1.82) is 0 Å². The van der Waals surface area contributed by atoms with Crippen molar-refractivity contribution in [2.24, 2.45) is 5.41 Å². The van der Waals surface area contributed by atoms with Crippen molar-refractivity contribution < 1.29 is 9.59 Å². The highest BCUT2D eigenvalue weighted by Crippen LogP contribution is 2.39. The number of carbonyl (C=O) groups excluding carboxylic acids is 2. The Morgan fingerprint density at radius 1 is 1.29 bits per heavy atom. The van der Waals surface area contributed by atoms with Crippen LogP contribution in [0.3, 0.4) is 0 Å². The van der Waals surface area contributed by atoms with E-state index in [1.165, 1.54) is 0 Å². The summed E-state index contributed by atoms with van der Waals surface area (Å²) in [6.07, 6.45) is 5.73. The molecule has 0 radical (unpaired) electrons. The summed E-state index contributed by atoms with van der Waals surface area (Å²) >= 11 is 0. The van der Waals surface area contributed by atoms with E-state index in [1.54, 1.807) is 0 Å². The van der Waals surface area contributed by atoms with Gasteiger partial charge in [0.25, 0.3) is 0 Å². The van der Waals surface area contributed by atoms with E-state index in [2.05, 4.69) is 13.8 Å². The van der Waals surface area contributed by atoms with Crippen LogP contribution in [0, 0.1) is 5.41 Å². The van der Waals surface area contributed by atoms with Crippen LogP contribution in [-0.4, -0.2) is 11.6 Å². The maximum absolute atomic E-state index is 12.6. The summed E-state index contributed by atoms with van der Waals surface area (Å²) in [4.78, 5) is 24.2. The van der Waals surface area contributed by atoms with Gasteiger partial charge >= 0.3 is 0 Å². The number of Topliss-reactive ketones (excluding diaryl/α,β-unsaturated/α-hetero) is 2. The first-order chi connectivity index (χ1) is 10.0. The zero-order valence-electron chi connectivity index (χ0n) is 13.2. The second-order valence-corrected chi connectivity index (χ2v) is 6.72. The van der Waals surface area contributed by atoms with E-state index in [1.807, 2.05) is 30.3 Å². The molecule has 2 nitrogen and oxygen atoms in total. The van der Waals surface area contributed by atoms with Crippen molar-refractivity contribution in [2.45, 2.75) is 64.7 Å². The van der Waals surface area contributed by atoms with Crippen molar-refractivity contribution in [3.8, 4) is 0 Å². The Bertz CT molecular complexity index is 492. The Morgan fingerprint density at radius 3 is 2.62 bits per heavy atom. The first-order valence-corrected chi connectivity index (χ1v) is 8.13. The molecule has 0 saturated heterocycles. The summed E-state index contributed by atoms with van der Waals surface area (Å²) < 4.78 is 0. The molecule has 0 aliphatic heterocycles. The molecule has 0 aromatic heterocycles. The van der Waals surface area contributed by atoms with Gasteiger partial charge in [0.15, 0.2) is 0 Å². The van der Waals surface area contributed by atoms with Crippen molar-refractivity contribution in [2.75, 3.05) is 0 Å². The Morgan fingerprint density at radius 2 is 2.00 bits per heavy atom. The highest BCUT2D eigenvalue weighted by atomic mass is 16.1. The number of ketones is 2. The predicted octanol–water partition coefficient (Wildman–Crippen LogP) is 4.68. The van der Waals surface area contributed by atoms with E-state index in [0.29, 0.717) is 24.4 Å². The smallest absolute Gasteiger partial charge is 0.140 e. The molecule has 114 valence electrons. The van der Waals surface area contributed by atoms with Gasteiger partial charge < -0.3 is 0 Å². The van der Waals surface area contributed by atoms with Crippen LogP contribution in [0.2, 0.25) is 0 Å². The van der Waals surface area contributed by atoms with Gasteiger partial charge in [0.1, 0.15) is 11.6 Å². The maximum atomic E-state index is 12.6. The average Bonchev–Trinajstić information content (AvgIpc) is 2.47. The normalized spacial score (nSPS) is 23.8. The fraction of sp³-hybridized carbons (Fsp3) is 0.579. The quantitative estimate of drug-likeness (QED) is 0.761. The van der Waals surface area contributed by atoms with Crippen LogP contribution in [0.25, 0.3) is 0 Å².